The van der Waals surface area contributed by atoms with Crippen LogP contribution in [0, 0.1) is 0 Å². The van der Waals surface area contributed by atoms with Crippen molar-refractivity contribution < 1.29 is 19.0 Å². The number of nitrogen functional groups attached to an aromatic ring is 2. The maximum absolute atomic E-state index is 12.1. The fourth-order valence-electron chi connectivity index (χ4n) is 3.91. The number of carbonyl (C=O) groups excluding carboxylic acids is 1. The van der Waals surface area contributed by atoms with Gasteiger partial charge in [-0.1, -0.05) is 18.2 Å². The largest absolute Gasteiger partial charge is 0.483 e. The van der Waals surface area contributed by atoms with Crippen molar-refractivity contribution in [3.05, 3.63) is 77.0 Å². The predicted molar refractivity (Wildman–Crippen MR) is 149 cm³/mol. The molecule has 5 N–H and O–H groups in total. The van der Waals surface area contributed by atoms with Gasteiger partial charge < -0.3 is 25.7 Å². The quantitative estimate of drug-likeness (QED) is 0.402. The van der Waals surface area contributed by atoms with E-state index in [4.69, 9.17) is 20.9 Å². The predicted octanol–water partition coefficient (Wildman–Crippen LogP) is 5.20. The first kappa shape index (κ1) is 26.9. The first-order valence-corrected chi connectivity index (χ1v) is 12.5. The van der Waals surface area contributed by atoms with Crippen molar-refractivity contribution in [3.63, 3.8) is 0 Å². The Morgan fingerprint density at radius 1 is 1.11 bits per heavy atom. The Kier molecular flexibility index (Phi) is 7.59. The minimum absolute atomic E-state index is 0.155. The van der Waals surface area contributed by atoms with Crippen LogP contribution in [-0.2, 0) is 15.9 Å². The van der Waals surface area contributed by atoms with Gasteiger partial charge >= 0.3 is 6.09 Å². The second-order valence-electron chi connectivity index (χ2n) is 10.7. The van der Waals surface area contributed by atoms with Crippen LogP contribution in [0.5, 0.6) is 5.75 Å². The van der Waals surface area contributed by atoms with Crippen molar-refractivity contribution >= 4 is 29.1 Å². The summed E-state index contributed by atoms with van der Waals surface area (Å²) in [6.45, 7) is 11.5. The maximum atomic E-state index is 12.1. The number of anilines is 3. The van der Waals surface area contributed by atoms with Crippen LogP contribution in [-0.4, -0.2) is 40.5 Å². The number of carbonyl (C=O) groups is 1. The minimum atomic E-state index is -0.562. The van der Waals surface area contributed by atoms with Crippen LogP contribution in [0.1, 0.15) is 56.9 Å². The summed E-state index contributed by atoms with van der Waals surface area (Å²) in [5.41, 5.74) is 16.2. The summed E-state index contributed by atoms with van der Waals surface area (Å²) in [5, 5.41) is 2.77. The summed E-state index contributed by atoms with van der Waals surface area (Å²) in [6, 6.07) is 13.8. The zero-order valence-corrected chi connectivity index (χ0v) is 22.5. The lowest BCUT2D eigenvalue weighted by Crippen LogP contribution is -2.29. The van der Waals surface area contributed by atoms with Gasteiger partial charge in [0.15, 0.2) is 0 Å². The van der Waals surface area contributed by atoms with Crippen molar-refractivity contribution in [1.29, 1.82) is 0 Å². The summed E-state index contributed by atoms with van der Waals surface area (Å²) in [4.78, 5) is 20.2. The maximum Gasteiger partial charge on any atom is 0.412 e. The van der Waals surface area contributed by atoms with E-state index in [1.54, 1.807) is 6.20 Å². The molecule has 2 aromatic carbocycles. The highest BCUT2D eigenvalue weighted by Gasteiger charge is 2.27. The zero-order valence-electron chi connectivity index (χ0n) is 22.5. The standard InChI is InChI=1S/C27H31N5O3.C2H4O/c1-26(2,3)35-25(33)31-19-9-7-17(8-10-19)21-14-27(4,5)34-22-11-6-16(13-20(21)22)12-18-15-30-24(29)32-23(18)28;1-2-3-1/h6-11,13-15H,12H2,1-5H3,(H,31,33)(H4,28,29,30,32);1-2H2. The molecule has 9 nitrogen and oxygen atoms in total. The van der Waals surface area contributed by atoms with Gasteiger partial charge in [0.1, 0.15) is 22.8 Å². The van der Waals surface area contributed by atoms with E-state index in [-0.39, 0.29) is 5.95 Å². The molecule has 0 atom stereocenters. The number of hydrogen-bond donors (Lipinski definition) is 3. The molecule has 2 aliphatic rings. The molecule has 1 amide bonds. The molecule has 2 aliphatic heterocycles. The number of nitrogens with zero attached hydrogens (tertiary/aromatic N) is 2. The number of amides is 1. The van der Waals surface area contributed by atoms with Gasteiger partial charge in [-0.05, 0) is 81.7 Å². The van der Waals surface area contributed by atoms with Crippen LogP contribution < -0.4 is 21.5 Å². The lowest BCUT2D eigenvalue weighted by Gasteiger charge is -2.31. The van der Waals surface area contributed by atoms with E-state index in [1.165, 1.54) is 0 Å². The lowest BCUT2D eigenvalue weighted by atomic mass is 9.88. The number of rotatable bonds is 4. The number of ether oxygens (including phenoxy) is 3. The highest BCUT2D eigenvalue weighted by Crippen LogP contribution is 2.40. The monoisotopic (exact) mass is 517 g/mol. The normalized spacial score (nSPS) is 15.1. The third kappa shape index (κ3) is 7.45. The second kappa shape index (κ2) is 10.7. The Morgan fingerprint density at radius 3 is 2.39 bits per heavy atom. The topological polar surface area (TPSA) is 138 Å². The van der Waals surface area contributed by atoms with Gasteiger partial charge in [-0.2, -0.15) is 4.98 Å². The fraction of sp³-hybridized carbons (Fsp3) is 0.345. The molecule has 0 unspecified atom stereocenters. The number of epoxide rings is 1. The van der Waals surface area contributed by atoms with E-state index in [2.05, 4.69) is 32.2 Å². The molecule has 0 radical (unpaired) electrons. The molecule has 1 saturated heterocycles. The van der Waals surface area contributed by atoms with Gasteiger partial charge in [-0.25, -0.2) is 9.78 Å². The van der Waals surface area contributed by atoms with Gasteiger partial charge in [0, 0.05) is 29.4 Å². The molecule has 200 valence electrons. The number of benzene rings is 2. The number of nitrogens with two attached hydrogens (primary N) is 2. The first-order chi connectivity index (χ1) is 17.9. The van der Waals surface area contributed by atoms with Crippen LogP contribution in [0.3, 0.4) is 0 Å². The molecule has 0 spiro atoms. The van der Waals surface area contributed by atoms with Crippen LogP contribution >= 0.6 is 0 Å². The number of nitrogens with one attached hydrogen (secondary N) is 1. The Balaban J connectivity index is 0.00000105. The first-order valence-electron chi connectivity index (χ1n) is 12.5. The molecule has 1 aromatic heterocycles. The van der Waals surface area contributed by atoms with E-state index in [0.717, 1.165) is 46.8 Å². The Labute approximate surface area is 223 Å². The van der Waals surface area contributed by atoms with Crippen molar-refractivity contribution in [2.24, 2.45) is 0 Å². The van der Waals surface area contributed by atoms with E-state index >= 15 is 0 Å². The molecule has 0 bridgehead atoms. The summed E-state index contributed by atoms with van der Waals surface area (Å²) in [7, 11) is 0. The zero-order chi connectivity index (χ0) is 27.5. The summed E-state index contributed by atoms with van der Waals surface area (Å²) < 4.78 is 16.1. The summed E-state index contributed by atoms with van der Waals surface area (Å²) in [5.74, 6) is 1.33. The smallest absolute Gasteiger partial charge is 0.412 e. The molecule has 38 heavy (non-hydrogen) atoms. The van der Waals surface area contributed by atoms with Crippen LogP contribution in [0.15, 0.2) is 54.7 Å². The number of aromatic nitrogens is 2. The van der Waals surface area contributed by atoms with Gasteiger partial charge in [0.25, 0.3) is 0 Å². The molecule has 1 fully saturated rings. The molecule has 3 aromatic rings. The number of fused-ring (bicyclic) bond motifs is 1. The molecule has 0 aliphatic carbocycles. The average Bonchev–Trinajstić information content (AvgIpc) is 3.69. The average molecular weight is 518 g/mol. The van der Waals surface area contributed by atoms with E-state index in [9.17, 15) is 4.79 Å². The lowest BCUT2D eigenvalue weighted by molar-refractivity contribution is 0.0636. The van der Waals surface area contributed by atoms with Crippen LogP contribution in [0.2, 0.25) is 0 Å². The molecule has 5 rings (SSSR count). The highest BCUT2D eigenvalue weighted by molar-refractivity contribution is 5.88. The van der Waals surface area contributed by atoms with E-state index < -0.39 is 17.3 Å². The van der Waals surface area contributed by atoms with Crippen molar-refractivity contribution in [2.75, 3.05) is 30.0 Å². The van der Waals surface area contributed by atoms with Gasteiger partial charge in [-0.3, -0.25) is 5.32 Å². The Bertz CT molecular complexity index is 1340. The second-order valence-corrected chi connectivity index (χ2v) is 10.7. The van der Waals surface area contributed by atoms with Crippen molar-refractivity contribution in [2.45, 2.75) is 52.2 Å². The third-order valence-corrected chi connectivity index (χ3v) is 5.56. The molecule has 9 heteroatoms. The van der Waals surface area contributed by atoms with Crippen LogP contribution in [0.4, 0.5) is 22.2 Å². The highest BCUT2D eigenvalue weighted by atomic mass is 16.6. The van der Waals surface area contributed by atoms with Crippen molar-refractivity contribution in [3.8, 4) is 5.75 Å². The SMILES string of the molecule is C1CO1.CC(C)(C)OC(=O)Nc1ccc(C2=CC(C)(C)Oc3ccc(Cc4cnc(N)nc4N)cc32)cc1. The Morgan fingerprint density at radius 2 is 1.79 bits per heavy atom. The van der Waals surface area contributed by atoms with Gasteiger partial charge in [0.05, 0.1) is 13.2 Å². The summed E-state index contributed by atoms with van der Waals surface area (Å²) >= 11 is 0. The van der Waals surface area contributed by atoms with Gasteiger partial charge in [0.2, 0.25) is 5.95 Å². The summed E-state index contributed by atoms with van der Waals surface area (Å²) in [6.07, 6.45) is 3.84. The fourth-order valence-corrected chi connectivity index (χ4v) is 3.91. The molecule has 3 heterocycles. The van der Waals surface area contributed by atoms with E-state index in [0.29, 0.717) is 17.9 Å². The molecule has 0 saturated carbocycles. The third-order valence-electron chi connectivity index (χ3n) is 5.56. The van der Waals surface area contributed by atoms with Crippen LogP contribution in [0.25, 0.3) is 5.57 Å². The Hall–Kier alpha value is -4.11. The van der Waals surface area contributed by atoms with E-state index in [1.807, 2.05) is 71.0 Å². The minimum Gasteiger partial charge on any atom is -0.483 e. The number of hydrogen-bond acceptors (Lipinski definition) is 8. The molecular formula is C29H35N5O4. The van der Waals surface area contributed by atoms with Crippen molar-refractivity contribution in [1.82, 2.24) is 9.97 Å². The van der Waals surface area contributed by atoms with Gasteiger partial charge in [-0.15, -0.1) is 0 Å². The molecular weight excluding hydrogens is 482 g/mol.